The molecular weight excluding hydrogens is 276 g/mol. The van der Waals surface area contributed by atoms with Gasteiger partial charge in [-0.05, 0) is 30.3 Å². The summed E-state index contributed by atoms with van der Waals surface area (Å²) in [5.74, 6) is 0.647. The third-order valence-electron chi connectivity index (χ3n) is 3.93. The number of ether oxygens (including phenoxy) is 1. The second kappa shape index (κ2) is 4.77. The molecule has 1 aromatic heterocycles. The second-order valence-electron chi connectivity index (χ2n) is 5.21. The van der Waals surface area contributed by atoms with E-state index in [1.807, 2.05) is 54.7 Å². The number of carbonyl (C=O) groups excluding carboxylic acids is 1. The lowest BCUT2D eigenvalue weighted by molar-refractivity contribution is -0.110. The topological polar surface area (TPSA) is 54.1 Å². The van der Waals surface area contributed by atoms with Crippen LogP contribution < -0.4 is 10.1 Å². The molecule has 0 saturated heterocycles. The third-order valence-corrected chi connectivity index (χ3v) is 3.93. The fraction of sp³-hybridized carbons (Fsp3) is 0.0556. The number of methoxy groups -OCH3 is 1. The monoisotopic (exact) mass is 290 g/mol. The summed E-state index contributed by atoms with van der Waals surface area (Å²) in [6, 6.07) is 13.6. The smallest absolute Gasteiger partial charge is 0.256 e. The second-order valence-corrected chi connectivity index (χ2v) is 5.21. The number of H-pyrrole nitrogens is 1. The number of anilines is 1. The van der Waals surface area contributed by atoms with E-state index >= 15 is 0 Å². The lowest BCUT2D eigenvalue weighted by Gasteiger charge is -2.03. The number of benzene rings is 2. The molecule has 3 aromatic rings. The Hall–Kier alpha value is -3.01. The van der Waals surface area contributed by atoms with E-state index in [1.165, 1.54) is 0 Å². The predicted octanol–water partition coefficient (Wildman–Crippen LogP) is 3.67. The summed E-state index contributed by atoms with van der Waals surface area (Å²) in [5.41, 5.74) is 4.39. The molecule has 0 fully saturated rings. The number of amides is 1. The van der Waals surface area contributed by atoms with Gasteiger partial charge in [0.15, 0.2) is 0 Å². The van der Waals surface area contributed by atoms with Crippen LogP contribution in [0.2, 0.25) is 0 Å². The molecule has 1 aliphatic heterocycles. The standard InChI is InChI=1S/C18H14N2O2/c1-22-12-6-7-17-14(9-12)15(18(21)20-17)8-11-10-19-16-5-3-2-4-13(11)16/h2-10,19H,1H3,(H,20,21)/b15-8-. The van der Waals surface area contributed by atoms with Crippen LogP contribution >= 0.6 is 0 Å². The SMILES string of the molecule is COc1ccc2c(c1)/C(=C/c1c[nH]c3ccccc13)C(=O)N2. The number of hydrogen-bond donors (Lipinski definition) is 2. The molecule has 1 amide bonds. The Morgan fingerprint density at radius 1 is 1.14 bits per heavy atom. The maximum absolute atomic E-state index is 12.3. The van der Waals surface area contributed by atoms with Gasteiger partial charge in [0.1, 0.15) is 5.75 Å². The van der Waals surface area contributed by atoms with E-state index in [2.05, 4.69) is 10.3 Å². The zero-order chi connectivity index (χ0) is 15.1. The van der Waals surface area contributed by atoms with E-state index in [0.29, 0.717) is 5.57 Å². The van der Waals surface area contributed by atoms with Gasteiger partial charge < -0.3 is 15.0 Å². The molecule has 2 N–H and O–H groups in total. The van der Waals surface area contributed by atoms with Gasteiger partial charge in [0.2, 0.25) is 0 Å². The van der Waals surface area contributed by atoms with Gasteiger partial charge >= 0.3 is 0 Å². The van der Waals surface area contributed by atoms with Gasteiger partial charge in [0, 0.05) is 39.5 Å². The van der Waals surface area contributed by atoms with Gasteiger partial charge in [-0.25, -0.2) is 0 Å². The molecule has 0 aliphatic carbocycles. The van der Waals surface area contributed by atoms with Gasteiger partial charge in [-0.2, -0.15) is 0 Å². The molecule has 4 nitrogen and oxygen atoms in total. The highest BCUT2D eigenvalue weighted by atomic mass is 16.5. The minimum absolute atomic E-state index is 0.0893. The van der Waals surface area contributed by atoms with Crippen molar-refractivity contribution in [2.45, 2.75) is 0 Å². The largest absolute Gasteiger partial charge is 0.497 e. The van der Waals surface area contributed by atoms with Crippen LogP contribution in [0.5, 0.6) is 5.75 Å². The van der Waals surface area contributed by atoms with E-state index in [1.54, 1.807) is 7.11 Å². The number of aromatic amines is 1. The van der Waals surface area contributed by atoms with Crippen LogP contribution in [0.3, 0.4) is 0 Å². The molecule has 108 valence electrons. The molecule has 0 bridgehead atoms. The minimum atomic E-state index is -0.0893. The lowest BCUT2D eigenvalue weighted by Crippen LogP contribution is -2.03. The maximum Gasteiger partial charge on any atom is 0.256 e. The summed E-state index contributed by atoms with van der Waals surface area (Å²) in [6.07, 6.45) is 3.84. The van der Waals surface area contributed by atoms with Crippen molar-refractivity contribution < 1.29 is 9.53 Å². The van der Waals surface area contributed by atoms with Gasteiger partial charge in [-0.1, -0.05) is 18.2 Å². The average Bonchev–Trinajstić information content (AvgIpc) is 3.09. The van der Waals surface area contributed by atoms with E-state index in [4.69, 9.17) is 4.74 Å². The van der Waals surface area contributed by atoms with E-state index in [9.17, 15) is 4.79 Å². The van der Waals surface area contributed by atoms with Crippen LogP contribution in [0.1, 0.15) is 11.1 Å². The van der Waals surface area contributed by atoms with Crippen LogP contribution in [-0.4, -0.2) is 18.0 Å². The lowest BCUT2D eigenvalue weighted by atomic mass is 10.0. The Balaban J connectivity index is 1.88. The molecule has 4 heteroatoms. The number of nitrogens with one attached hydrogen (secondary N) is 2. The number of hydrogen-bond acceptors (Lipinski definition) is 2. The molecule has 4 rings (SSSR count). The highest BCUT2D eigenvalue weighted by molar-refractivity contribution is 6.35. The van der Waals surface area contributed by atoms with Crippen molar-refractivity contribution in [2.24, 2.45) is 0 Å². The molecular formula is C18H14N2O2. The maximum atomic E-state index is 12.3. The van der Waals surface area contributed by atoms with Crippen molar-refractivity contribution in [1.82, 2.24) is 4.98 Å². The third kappa shape index (κ3) is 1.89. The quantitative estimate of drug-likeness (QED) is 0.707. The Kier molecular flexibility index (Phi) is 2.76. The van der Waals surface area contributed by atoms with Crippen molar-refractivity contribution >= 4 is 34.1 Å². The Morgan fingerprint density at radius 2 is 2.00 bits per heavy atom. The predicted molar refractivity (Wildman–Crippen MR) is 87.8 cm³/mol. The van der Waals surface area contributed by atoms with Gasteiger partial charge in [-0.3, -0.25) is 4.79 Å². The molecule has 0 unspecified atom stereocenters. The van der Waals surface area contributed by atoms with Crippen molar-refractivity contribution in [3.05, 3.63) is 59.8 Å². The first-order chi connectivity index (χ1) is 10.8. The molecule has 0 atom stereocenters. The molecule has 2 heterocycles. The van der Waals surface area contributed by atoms with Crippen molar-refractivity contribution in [3.8, 4) is 5.75 Å². The summed E-state index contributed by atoms with van der Waals surface area (Å²) >= 11 is 0. The van der Waals surface area contributed by atoms with Gasteiger partial charge in [0.05, 0.1) is 7.11 Å². The molecule has 2 aromatic carbocycles. The molecule has 1 aliphatic rings. The Labute approximate surface area is 127 Å². The minimum Gasteiger partial charge on any atom is -0.497 e. The van der Waals surface area contributed by atoms with Crippen molar-refractivity contribution in [1.29, 1.82) is 0 Å². The molecule has 0 spiro atoms. The first-order valence-electron chi connectivity index (χ1n) is 7.04. The zero-order valence-electron chi connectivity index (χ0n) is 12.0. The number of fused-ring (bicyclic) bond motifs is 2. The number of carbonyl (C=O) groups is 1. The number of rotatable bonds is 2. The van der Waals surface area contributed by atoms with E-state index < -0.39 is 0 Å². The highest BCUT2D eigenvalue weighted by Crippen LogP contribution is 2.36. The van der Waals surface area contributed by atoms with Crippen LogP contribution in [-0.2, 0) is 4.79 Å². The summed E-state index contributed by atoms with van der Waals surface area (Å²) in [4.78, 5) is 15.5. The number of para-hydroxylation sites is 1. The highest BCUT2D eigenvalue weighted by Gasteiger charge is 2.24. The van der Waals surface area contributed by atoms with Crippen LogP contribution in [0.25, 0.3) is 22.6 Å². The molecule has 0 radical (unpaired) electrons. The first kappa shape index (κ1) is 12.7. The van der Waals surface area contributed by atoms with Crippen LogP contribution in [0, 0.1) is 0 Å². The van der Waals surface area contributed by atoms with E-state index in [-0.39, 0.29) is 5.91 Å². The number of aromatic nitrogens is 1. The normalized spacial score (nSPS) is 15.1. The first-order valence-corrected chi connectivity index (χ1v) is 7.04. The van der Waals surface area contributed by atoms with Crippen LogP contribution in [0.15, 0.2) is 48.7 Å². The summed E-state index contributed by atoms with van der Waals surface area (Å²) in [5, 5.41) is 3.98. The molecule has 22 heavy (non-hydrogen) atoms. The van der Waals surface area contributed by atoms with Crippen molar-refractivity contribution in [3.63, 3.8) is 0 Å². The fourth-order valence-corrected chi connectivity index (χ4v) is 2.81. The summed E-state index contributed by atoms with van der Waals surface area (Å²) < 4.78 is 5.26. The summed E-state index contributed by atoms with van der Waals surface area (Å²) in [6.45, 7) is 0. The van der Waals surface area contributed by atoms with Crippen LogP contribution in [0.4, 0.5) is 5.69 Å². The average molecular weight is 290 g/mol. The van der Waals surface area contributed by atoms with Crippen molar-refractivity contribution in [2.75, 3.05) is 12.4 Å². The zero-order valence-corrected chi connectivity index (χ0v) is 12.0. The fourth-order valence-electron chi connectivity index (χ4n) is 2.81. The summed E-state index contributed by atoms with van der Waals surface area (Å²) in [7, 11) is 1.62. The Morgan fingerprint density at radius 3 is 2.86 bits per heavy atom. The van der Waals surface area contributed by atoms with Gasteiger partial charge in [-0.15, -0.1) is 0 Å². The Bertz CT molecular complexity index is 922. The van der Waals surface area contributed by atoms with Gasteiger partial charge in [0.25, 0.3) is 5.91 Å². The molecule has 0 saturated carbocycles. The van der Waals surface area contributed by atoms with E-state index in [0.717, 1.165) is 33.5 Å².